The minimum absolute atomic E-state index is 0.111. The molecule has 3 rings (SSSR count). The van der Waals surface area contributed by atoms with Gasteiger partial charge < -0.3 is 23.9 Å². The topological polar surface area (TPSA) is 146 Å². The fourth-order valence-corrected chi connectivity index (χ4v) is 3.80. The molecule has 36 heavy (non-hydrogen) atoms. The zero-order valence-corrected chi connectivity index (χ0v) is 21.6. The number of nitrogens with zero attached hydrogens (tertiary/aromatic N) is 3. The third-order valence-electron chi connectivity index (χ3n) is 4.59. The Morgan fingerprint density at radius 2 is 1.50 bits per heavy atom. The molecule has 0 spiro atoms. The molecule has 13 heteroatoms. The van der Waals surface area contributed by atoms with E-state index in [9.17, 15) is 19.2 Å². The fraction of sp³-hybridized carbons (Fsp3) is 0.348. The van der Waals surface area contributed by atoms with Gasteiger partial charge in [0.15, 0.2) is 10.8 Å². The van der Waals surface area contributed by atoms with Crippen LogP contribution in [0.3, 0.4) is 0 Å². The van der Waals surface area contributed by atoms with E-state index in [2.05, 4.69) is 20.9 Å². The van der Waals surface area contributed by atoms with Crippen LogP contribution in [0.4, 0.5) is 21.3 Å². The van der Waals surface area contributed by atoms with Gasteiger partial charge in [0.25, 0.3) is 11.8 Å². The van der Waals surface area contributed by atoms with E-state index in [-0.39, 0.29) is 28.8 Å². The molecule has 0 saturated carbocycles. The normalized spacial score (nSPS) is 11.1. The predicted molar refractivity (Wildman–Crippen MR) is 135 cm³/mol. The molecule has 192 valence electrons. The summed E-state index contributed by atoms with van der Waals surface area (Å²) in [7, 11) is 3.32. The van der Waals surface area contributed by atoms with Gasteiger partial charge in [-0.3, -0.25) is 20.2 Å². The number of aromatic nitrogens is 3. The van der Waals surface area contributed by atoms with Crippen LogP contribution in [-0.4, -0.2) is 50.2 Å². The first-order valence-electron chi connectivity index (χ1n) is 10.9. The van der Waals surface area contributed by atoms with E-state index in [0.29, 0.717) is 11.4 Å². The highest BCUT2D eigenvalue weighted by molar-refractivity contribution is 7.14. The van der Waals surface area contributed by atoms with Crippen LogP contribution >= 0.6 is 11.3 Å². The highest BCUT2D eigenvalue weighted by atomic mass is 32.1. The molecule has 0 aliphatic carbocycles. The standard InChI is InChI=1S/C23H28N6O6S/c1-7-34-20(32)15-12-36-21(26-15)27-19(31)17-8-13(10-28(17)5)24-18(30)16-9-14(11-29(16)6)25-22(33)35-23(2,3)4/h8-12H,7H2,1-6H3,(H,24,30)(H,25,33)(H,26,27,31). The van der Waals surface area contributed by atoms with Crippen LogP contribution in [0.5, 0.6) is 0 Å². The second kappa shape index (κ2) is 10.6. The van der Waals surface area contributed by atoms with Crippen LogP contribution in [0.25, 0.3) is 0 Å². The Morgan fingerprint density at radius 3 is 2.06 bits per heavy atom. The van der Waals surface area contributed by atoms with Crippen molar-refractivity contribution < 1.29 is 28.7 Å². The van der Waals surface area contributed by atoms with Crippen LogP contribution in [0, 0.1) is 0 Å². The maximum absolute atomic E-state index is 12.8. The number of esters is 1. The molecule has 3 aromatic rings. The van der Waals surface area contributed by atoms with E-state index in [4.69, 9.17) is 9.47 Å². The molecule has 0 fully saturated rings. The molecular formula is C23H28N6O6S. The van der Waals surface area contributed by atoms with Crippen molar-refractivity contribution in [2.75, 3.05) is 22.6 Å². The van der Waals surface area contributed by atoms with Crippen molar-refractivity contribution in [3.63, 3.8) is 0 Å². The second-order valence-electron chi connectivity index (χ2n) is 8.74. The molecule has 0 aromatic carbocycles. The molecule has 0 atom stereocenters. The van der Waals surface area contributed by atoms with Crippen molar-refractivity contribution in [2.45, 2.75) is 33.3 Å². The lowest BCUT2D eigenvalue weighted by Crippen LogP contribution is -2.27. The van der Waals surface area contributed by atoms with Gasteiger partial charge in [-0.05, 0) is 39.8 Å². The Balaban J connectivity index is 1.65. The van der Waals surface area contributed by atoms with Crippen LogP contribution in [-0.2, 0) is 23.6 Å². The molecule has 3 amide bonds. The molecule has 12 nitrogen and oxygen atoms in total. The molecule has 0 bridgehead atoms. The molecule has 3 N–H and O–H groups in total. The van der Waals surface area contributed by atoms with Gasteiger partial charge >= 0.3 is 12.1 Å². The second-order valence-corrected chi connectivity index (χ2v) is 9.60. The molecule has 0 aliphatic rings. The van der Waals surface area contributed by atoms with Crippen LogP contribution < -0.4 is 16.0 Å². The fourth-order valence-electron chi connectivity index (χ4n) is 3.12. The number of amides is 3. The Bertz CT molecular complexity index is 1300. The number of thiazole rings is 1. The Kier molecular flexibility index (Phi) is 7.83. The summed E-state index contributed by atoms with van der Waals surface area (Å²) < 4.78 is 13.2. The zero-order chi connectivity index (χ0) is 26.6. The van der Waals surface area contributed by atoms with Crippen molar-refractivity contribution in [1.29, 1.82) is 0 Å². The Labute approximate surface area is 211 Å². The van der Waals surface area contributed by atoms with Crippen molar-refractivity contribution in [1.82, 2.24) is 14.1 Å². The van der Waals surface area contributed by atoms with Crippen molar-refractivity contribution in [2.24, 2.45) is 14.1 Å². The molecule has 0 saturated heterocycles. The number of carbonyl (C=O) groups is 4. The first-order valence-corrected chi connectivity index (χ1v) is 11.8. The highest BCUT2D eigenvalue weighted by Crippen LogP contribution is 2.21. The number of aryl methyl sites for hydroxylation is 2. The number of ether oxygens (including phenoxy) is 2. The Morgan fingerprint density at radius 1 is 0.944 bits per heavy atom. The lowest BCUT2D eigenvalue weighted by atomic mass is 10.2. The van der Waals surface area contributed by atoms with Gasteiger partial charge in [0, 0.05) is 31.9 Å². The average Bonchev–Trinajstić information content (AvgIpc) is 3.45. The van der Waals surface area contributed by atoms with Crippen molar-refractivity contribution in [3.8, 4) is 0 Å². The van der Waals surface area contributed by atoms with Gasteiger partial charge in [0.05, 0.1) is 18.0 Å². The van der Waals surface area contributed by atoms with E-state index in [0.717, 1.165) is 11.3 Å². The van der Waals surface area contributed by atoms with Crippen LogP contribution in [0.1, 0.15) is 59.2 Å². The summed E-state index contributed by atoms with van der Waals surface area (Å²) in [6, 6.07) is 3.02. The number of hydrogen-bond acceptors (Lipinski definition) is 8. The number of hydrogen-bond donors (Lipinski definition) is 3. The predicted octanol–water partition coefficient (Wildman–Crippen LogP) is 3.85. The zero-order valence-electron chi connectivity index (χ0n) is 20.8. The van der Waals surface area contributed by atoms with Gasteiger partial charge in [-0.15, -0.1) is 11.3 Å². The minimum Gasteiger partial charge on any atom is -0.461 e. The summed E-state index contributed by atoms with van der Waals surface area (Å²) in [5.41, 5.74) is 0.791. The lowest BCUT2D eigenvalue weighted by molar-refractivity contribution is 0.0519. The lowest BCUT2D eigenvalue weighted by Gasteiger charge is -2.19. The molecule has 3 heterocycles. The van der Waals surface area contributed by atoms with Gasteiger partial charge in [-0.2, -0.15) is 0 Å². The first-order chi connectivity index (χ1) is 16.9. The third kappa shape index (κ3) is 6.72. The smallest absolute Gasteiger partial charge is 0.412 e. The summed E-state index contributed by atoms with van der Waals surface area (Å²) >= 11 is 1.09. The summed E-state index contributed by atoms with van der Waals surface area (Å²) in [5.74, 6) is -1.47. The molecular weight excluding hydrogens is 488 g/mol. The molecule has 3 aromatic heterocycles. The monoisotopic (exact) mass is 516 g/mol. The maximum atomic E-state index is 12.8. The van der Waals surface area contributed by atoms with Gasteiger partial charge in [0.1, 0.15) is 17.0 Å². The van der Waals surface area contributed by atoms with Crippen molar-refractivity contribution >= 4 is 51.7 Å². The summed E-state index contributed by atoms with van der Waals surface area (Å²) in [6.07, 6.45) is 2.54. The molecule has 0 radical (unpaired) electrons. The van der Waals surface area contributed by atoms with E-state index in [1.807, 2.05) is 0 Å². The van der Waals surface area contributed by atoms with Crippen LogP contribution in [0.2, 0.25) is 0 Å². The maximum Gasteiger partial charge on any atom is 0.412 e. The summed E-state index contributed by atoms with van der Waals surface area (Å²) in [4.78, 5) is 53.4. The highest BCUT2D eigenvalue weighted by Gasteiger charge is 2.20. The summed E-state index contributed by atoms with van der Waals surface area (Å²) in [5, 5.41) is 9.70. The largest absolute Gasteiger partial charge is 0.461 e. The van der Waals surface area contributed by atoms with E-state index in [1.165, 1.54) is 17.5 Å². The van der Waals surface area contributed by atoms with Gasteiger partial charge in [-0.25, -0.2) is 14.6 Å². The van der Waals surface area contributed by atoms with E-state index < -0.39 is 29.5 Å². The van der Waals surface area contributed by atoms with E-state index >= 15 is 0 Å². The van der Waals surface area contributed by atoms with Crippen molar-refractivity contribution in [3.05, 3.63) is 47.0 Å². The SMILES string of the molecule is CCOC(=O)c1csc(NC(=O)c2cc(NC(=O)c3cc(NC(=O)OC(C)(C)C)cn3C)cn2C)n1. The average molecular weight is 517 g/mol. The van der Waals surface area contributed by atoms with Gasteiger partial charge in [-0.1, -0.05) is 0 Å². The Hall–Kier alpha value is -4.13. The third-order valence-corrected chi connectivity index (χ3v) is 5.35. The number of anilines is 3. The quantitative estimate of drug-likeness (QED) is 0.404. The number of rotatable bonds is 7. The number of nitrogens with one attached hydrogen (secondary N) is 3. The molecule has 0 unspecified atom stereocenters. The number of carbonyl (C=O) groups excluding carboxylic acids is 4. The van der Waals surface area contributed by atoms with E-state index in [1.54, 1.807) is 63.3 Å². The van der Waals surface area contributed by atoms with Crippen LogP contribution in [0.15, 0.2) is 29.9 Å². The first kappa shape index (κ1) is 26.5. The molecule has 0 aliphatic heterocycles. The minimum atomic E-state index is -0.654. The summed E-state index contributed by atoms with van der Waals surface area (Å²) in [6.45, 7) is 7.17. The van der Waals surface area contributed by atoms with Gasteiger partial charge in [0.2, 0.25) is 0 Å².